The number of nitro groups is 1. The predicted octanol–water partition coefficient (Wildman–Crippen LogP) is 4.01. The summed E-state index contributed by atoms with van der Waals surface area (Å²) in [5.74, 6) is 0.348. The Labute approximate surface area is 126 Å². The monoisotopic (exact) mass is 307 g/mol. The zero-order valence-corrected chi connectivity index (χ0v) is 12.6. The Hall–Kier alpha value is -2.21. The Kier molecular flexibility index (Phi) is 4.37. The third kappa shape index (κ3) is 3.11. The van der Waals surface area contributed by atoms with Gasteiger partial charge in [0.25, 0.3) is 0 Å². The Morgan fingerprint density at radius 3 is 2.62 bits per heavy atom. The minimum Gasteiger partial charge on any atom is -0.430 e. The molecule has 6 nitrogen and oxygen atoms in total. The molecule has 0 bridgehead atoms. The second-order valence-electron chi connectivity index (χ2n) is 4.56. The van der Waals surface area contributed by atoms with Crippen LogP contribution in [-0.4, -0.2) is 15.1 Å². The summed E-state index contributed by atoms with van der Waals surface area (Å²) in [6.45, 7) is 5.49. The Bertz CT molecular complexity index is 704. The van der Waals surface area contributed by atoms with Gasteiger partial charge in [-0.05, 0) is 37.5 Å². The number of hydrogen-bond acceptors (Lipinski definition) is 5. The van der Waals surface area contributed by atoms with Crippen LogP contribution in [0.5, 0.6) is 11.6 Å². The molecule has 0 radical (unpaired) electrons. The summed E-state index contributed by atoms with van der Waals surface area (Å²) in [7, 11) is 0. The van der Waals surface area contributed by atoms with Crippen LogP contribution >= 0.6 is 11.6 Å². The van der Waals surface area contributed by atoms with Crippen LogP contribution in [-0.2, 0) is 6.42 Å². The maximum absolute atomic E-state index is 11.2. The van der Waals surface area contributed by atoms with E-state index in [-0.39, 0.29) is 22.5 Å². The number of nitro benzene ring substituents is 1. The van der Waals surface area contributed by atoms with Gasteiger partial charge in [-0.15, -0.1) is 10.2 Å². The molecule has 0 aliphatic rings. The smallest absolute Gasteiger partial charge is 0.311 e. The van der Waals surface area contributed by atoms with E-state index in [1.54, 1.807) is 26.0 Å². The fourth-order valence-corrected chi connectivity index (χ4v) is 1.95. The van der Waals surface area contributed by atoms with Crippen LogP contribution in [0.2, 0.25) is 5.15 Å². The molecule has 2 aromatic rings. The molecule has 0 atom stereocenters. The molecule has 1 heterocycles. The topological polar surface area (TPSA) is 78.2 Å². The maximum atomic E-state index is 11.2. The first kappa shape index (κ1) is 15.2. The van der Waals surface area contributed by atoms with E-state index in [1.807, 2.05) is 6.92 Å². The van der Waals surface area contributed by atoms with Crippen LogP contribution in [0.15, 0.2) is 18.2 Å². The minimum absolute atomic E-state index is 0.0943. The minimum atomic E-state index is -0.472. The number of ether oxygens (including phenoxy) is 1. The summed E-state index contributed by atoms with van der Waals surface area (Å²) in [6, 6.07) is 4.86. The summed E-state index contributed by atoms with van der Waals surface area (Å²) in [6.07, 6.45) is 0.708. The van der Waals surface area contributed by atoms with Crippen molar-refractivity contribution < 1.29 is 9.66 Å². The summed E-state index contributed by atoms with van der Waals surface area (Å²) in [4.78, 5) is 10.7. The van der Waals surface area contributed by atoms with Crippen molar-refractivity contribution in [1.82, 2.24) is 10.2 Å². The number of aromatic nitrogens is 2. The van der Waals surface area contributed by atoms with Crippen LogP contribution in [0.1, 0.15) is 23.6 Å². The van der Waals surface area contributed by atoms with E-state index < -0.39 is 4.92 Å². The van der Waals surface area contributed by atoms with Crippen LogP contribution in [0, 0.1) is 24.0 Å². The van der Waals surface area contributed by atoms with E-state index in [0.717, 1.165) is 11.1 Å². The lowest BCUT2D eigenvalue weighted by Gasteiger charge is -2.10. The molecular formula is C14H14ClN3O3. The quantitative estimate of drug-likeness (QED) is 0.630. The molecule has 1 aromatic carbocycles. The fourth-order valence-electron chi connectivity index (χ4n) is 1.77. The van der Waals surface area contributed by atoms with E-state index in [4.69, 9.17) is 16.3 Å². The lowest BCUT2D eigenvalue weighted by molar-refractivity contribution is -0.385. The number of aryl methyl sites for hydroxylation is 1. The van der Waals surface area contributed by atoms with Gasteiger partial charge in [-0.2, -0.15) is 0 Å². The van der Waals surface area contributed by atoms with E-state index in [2.05, 4.69) is 10.2 Å². The van der Waals surface area contributed by atoms with Gasteiger partial charge in [0, 0.05) is 11.6 Å². The molecule has 0 fully saturated rings. The van der Waals surface area contributed by atoms with Crippen LogP contribution < -0.4 is 4.74 Å². The second kappa shape index (κ2) is 6.05. The van der Waals surface area contributed by atoms with Gasteiger partial charge >= 0.3 is 5.69 Å². The van der Waals surface area contributed by atoms with Crippen molar-refractivity contribution in [3.63, 3.8) is 0 Å². The van der Waals surface area contributed by atoms with Crippen LogP contribution in [0.4, 0.5) is 5.69 Å². The molecule has 110 valence electrons. The molecule has 0 aliphatic carbocycles. The van der Waals surface area contributed by atoms with Gasteiger partial charge in [-0.3, -0.25) is 10.1 Å². The van der Waals surface area contributed by atoms with Crippen molar-refractivity contribution in [2.75, 3.05) is 0 Å². The molecule has 0 saturated carbocycles. The normalized spacial score (nSPS) is 10.5. The SMILES string of the molecule is CCc1ccc(Oc2nnc(Cl)c(C)c2C)c([N+](=O)[O-])c1. The highest BCUT2D eigenvalue weighted by atomic mass is 35.5. The first-order valence-electron chi connectivity index (χ1n) is 6.38. The number of rotatable bonds is 4. The number of hydrogen-bond donors (Lipinski definition) is 0. The van der Waals surface area contributed by atoms with Crippen molar-refractivity contribution in [3.05, 3.63) is 50.2 Å². The van der Waals surface area contributed by atoms with Crippen molar-refractivity contribution >= 4 is 17.3 Å². The number of benzene rings is 1. The average Bonchev–Trinajstić information content (AvgIpc) is 2.48. The summed E-state index contributed by atoms with van der Waals surface area (Å²) >= 11 is 5.87. The Balaban J connectivity index is 2.44. The van der Waals surface area contributed by atoms with Gasteiger partial charge in [0.05, 0.1) is 4.92 Å². The highest BCUT2D eigenvalue weighted by Crippen LogP contribution is 2.33. The van der Waals surface area contributed by atoms with Gasteiger partial charge in [-0.1, -0.05) is 24.6 Å². The predicted molar refractivity (Wildman–Crippen MR) is 79.1 cm³/mol. The van der Waals surface area contributed by atoms with Crippen LogP contribution in [0.25, 0.3) is 0 Å². The molecule has 1 aromatic heterocycles. The first-order chi connectivity index (χ1) is 9.93. The molecule has 0 amide bonds. The molecule has 0 saturated heterocycles. The lowest BCUT2D eigenvalue weighted by Crippen LogP contribution is -2.00. The van der Waals surface area contributed by atoms with E-state index in [0.29, 0.717) is 12.0 Å². The van der Waals surface area contributed by atoms with E-state index in [9.17, 15) is 10.1 Å². The Morgan fingerprint density at radius 2 is 2.00 bits per heavy atom. The van der Waals surface area contributed by atoms with Crippen molar-refractivity contribution in [3.8, 4) is 11.6 Å². The second-order valence-corrected chi connectivity index (χ2v) is 4.92. The van der Waals surface area contributed by atoms with E-state index in [1.165, 1.54) is 6.07 Å². The number of nitrogens with zero attached hydrogens (tertiary/aromatic N) is 3. The zero-order chi connectivity index (χ0) is 15.6. The zero-order valence-electron chi connectivity index (χ0n) is 11.9. The summed E-state index contributed by atoms with van der Waals surface area (Å²) < 4.78 is 5.56. The Morgan fingerprint density at radius 1 is 1.29 bits per heavy atom. The highest BCUT2D eigenvalue weighted by Gasteiger charge is 2.19. The summed E-state index contributed by atoms with van der Waals surface area (Å²) in [5.41, 5.74) is 2.20. The molecule has 21 heavy (non-hydrogen) atoms. The standard InChI is InChI=1S/C14H14ClN3O3/c1-4-10-5-6-12(11(7-10)18(19)20)21-14-9(3)8(2)13(15)16-17-14/h5-7H,4H2,1-3H3. The average molecular weight is 308 g/mol. The molecule has 0 N–H and O–H groups in total. The molecule has 0 spiro atoms. The van der Waals surface area contributed by atoms with Gasteiger partial charge in [0.1, 0.15) is 0 Å². The molecule has 0 unspecified atom stereocenters. The number of halogens is 1. The molecule has 2 rings (SSSR count). The van der Waals surface area contributed by atoms with Crippen LogP contribution in [0.3, 0.4) is 0 Å². The third-order valence-corrected chi connectivity index (χ3v) is 3.62. The van der Waals surface area contributed by atoms with Gasteiger partial charge in [0.15, 0.2) is 5.15 Å². The lowest BCUT2D eigenvalue weighted by atomic mass is 10.1. The molecule has 0 aliphatic heterocycles. The largest absolute Gasteiger partial charge is 0.430 e. The molecule has 7 heteroatoms. The third-order valence-electron chi connectivity index (χ3n) is 3.26. The highest BCUT2D eigenvalue weighted by molar-refractivity contribution is 6.30. The van der Waals surface area contributed by atoms with Gasteiger partial charge in [-0.25, -0.2) is 0 Å². The van der Waals surface area contributed by atoms with E-state index >= 15 is 0 Å². The van der Waals surface area contributed by atoms with Gasteiger partial charge in [0.2, 0.25) is 11.6 Å². The maximum Gasteiger partial charge on any atom is 0.311 e. The van der Waals surface area contributed by atoms with Crippen molar-refractivity contribution in [2.45, 2.75) is 27.2 Å². The molecular weight excluding hydrogens is 294 g/mol. The fraction of sp³-hybridized carbons (Fsp3) is 0.286. The van der Waals surface area contributed by atoms with Gasteiger partial charge < -0.3 is 4.74 Å². The van der Waals surface area contributed by atoms with Crippen molar-refractivity contribution in [1.29, 1.82) is 0 Å². The van der Waals surface area contributed by atoms with Crippen molar-refractivity contribution in [2.24, 2.45) is 0 Å². The summed E-state index contributed by atoms with van der Waals surface area (Å²) in [5, 5.41) is 19.1. The first-order valence-corrected chi connectivity index (χ1v) is 6.76.